The van der Waals surface area contributed by atoms with E-state index in [9.17, 15) is 10.3 Å². The number of oxime groups is 1. The van der Waals surface area contributed by atoms with Crippen molar-refractivity contribution in [1.29, 1.82) is 0 Å². The summed E-state index contributed by atoms with van der Waals surface area (Å²) in [5.74, 6) is 0.332. The fourth-order valence-corrected chi connectivity index (χ4v) is 4.88. The minimum atomic E-state index is 0.0909. The highest BCUT2D eigenvalue weighted by atomic mass is 32.1. The summed E-state index contributed by atoms with van der Waals surface area (Å²) >= 11 is 1.70. The summed E-state index contributed by atoms with van der Waals surface area (Å²) in [6.07, 6.45) is 2.92. The minimum absolute atomic E-state index is 0.0909. The molecule has 5 nitrogen and oxygen atoms in total. The smallest absolute Gasteiger partial charge is 0.242 e. The van der Waals surface area contributed by atoms with Gasteiger partial charge in [-0.15, -0.1) is 11.3 Å². The van der Waals surface area contributed by atoms with E-state index in [0.29, 0.717) is 0 Å². The van der Waals surface area contributed by atoms with Gasteiger partial charge in [0, 0.05) is 21.7 Å². The Kier molecular flexibility index (Phi) is 4.00. The van der Waals surface area contributed by atoms with Crippen LogP contribution in [0.5, 0.6) is 5.75 Å². The van der Waals surface area contributed by atoms with Gasteiger partial charge in [0.15, 0.2) is 0 Å². The predicted molar refractivity (Wildman–Crippen MR) is 105 cm³/mol. The van der Waals surface area contributed by atoms with Crippen molar-refractivity contribution in [2.75, 3.05) is 0 Å². The molecule has 3 aromatic rings. The van der Waals surface area contributed by atoms with Crippen molar-refractivity contribution in [2.24, 2.45) is 10.9 Å². The van der Waals surface area contributed by atoms with E-state index in [-0.39, 0.29) is 11.7 Å². The van der Waals surface area contributed by atoms with Crippen LogP contribution < -0.4 is 5.73 Å². The Labute approximate surface area is 156 Å². The number of benzene rings is 1. The van der Waals surface area contributed by atoms with Crippen LogP contribution in [-0.4, -0.2) is 20.8 Å². The quantitative estimate of drug-likeness (QED) is 0.274. The average molecular weight is 367 g/mol. The van der Waals surface area contributed by atoms with E-state index < -0.39 is 0 Å². The number of nitrogens with zero attached hydrogens (tertiary/aromatic N) is 2. The first kappa shape index (κ1) is 16.7. The lowest BCUT2D eigenvalue weighted by atomic mass is 9.95. The minimum Gasteiger partial charge on any atom is -0.508 e. The van der Waals surface area contributed by atoms with Crippen molar-refractivity contribution >= 4 is 17.3 Å². The van der Waals surface area contributed by atoms with E-state index in [1.807, 2.05) is 16.7 Å². The summed E-state index contributed by atoms with van der Waals surface area (Å²) in [6, 6.07) is 7.27. The van der Waals surface area contributed by atoms with Crippen LogP contribution in [0.25, 0.3) is 22.4 Å². The second-order valence-electron chi connectivity index (χ2n) is 6.69. The maximum Gasteiger partial charge on any atom is 0.242 e. The van der Waals surface area contributed by atoms with E-state index in [1.165, 1.54) is 16.0 Å². The van der Waals surface area contributed by atoms with Crippen molar-refractivity contribution in [3.05, 3.63) is 51.3 Å². The fourth-order valence-electron chi connectivity index (χ4n) is 4.03. The zero-order valence-electron chi connectivity index (χ0n) is 14.8. The highest BCUT2D eigenvalue weighted by molar-refractivity contribution is 7.10. The Balaban J connectivity index is 2.12. The van der Waals surface area contributed by atoms with E-state index in [1.54, 1.807) is 23.5 Å². The molecule has 0 spiro atoms. The molecule has 1 aromatic carbocycles. The van der Waals surface area contributed by atoms with E-state index >= 15 is 0 Å². The third kappa shape index (κ3) is 2.41. The van der Waals surface area contributed by atoms with Crippen LogP contribution >= 0.6 is 11.3 Å². The van der Waals surface area contributed by atoms with Gasteiger partial charge in [-0.05, 0) is 67.3 Å². The second-order valence-corrected chi connectivity index (χ2v) is 7.78. The first-order valence-electron chi connectivity index (χ1n) is 8.61. The summed E-state index contributed by atoms with van der Waals surface area (Å²) in [4.78, 5) is 1.20. The lowest BCUT2D eigenvalue weighted by Crippen LogP contribution is -2.25. The Morgan fingerprint density at radius 2 is 1.88 bits per heavy atom. The van der Waals surface area contributed by atoms with Gasteiger partial charge in [-0.1, -0.05) is 17.3 Å². The van der Waals surface area contributed by atoms with Crippen LogP contribution in [0.1, 0.15) is 28.1 Å². The Hall–Kier alpha value is -2.73. The highest BCUT2D eigenvalue weighted by Crippen LogP contribution is 2.46. The molecule has 134 valence electrons. The molecule has 4 N–H and O–H groups in total. The largest absolute Gasteiger partial charge is 0.508 e. The summed E-state index contributed by atoms with van der Waals surface area (Å²) in [5, 5.41) is 24.5. The normalized spacial score (nSPS) is 14.0. The van der Waals surface area contributed by atoms with Crippen molar-refractivity contribution in [3.63, 3.8) is 0 Å². The summed E-state index contributed by atoms with van der Waals surface area (Å²) in [5.41, 5.74) is 13.9. The average Bonchev–Trinajstić information content (AvgIpc) is 3.29. The molecule has 4 rings (SSSR count). The van der Waals surface area contributed by atoms with Gasteiger partial charge in [0.1, 0.15) is 5.75 Å². The number of phenolic OH excluding ortho intramolecular Hbond substituents is 1. The summed E-state index contributed by atoms with van der Waals surface area (Å²) < 4.78 is 1.91. The number of aromatic nitrogens is 1. The number of hydrogen-bond acceptors (Lipinski definition) is 4. The first-order chi connectivity index (χ1) is 12.5. The second kappa shape index (κ2) is 6.21. The Bertz CT molecular complexity index is 993. The molecule has 0 aliphatic heterocycles. The number of thiophene rings is 1. The molecule has 0 saturated heterocycles. The number of aromatic hydroxyl groups is 1. The van der Waals surface area contributed by atoms with E-state index in [0.717, 1.165) is 47.3 Å². The van der Waals surface area contributed by atoms with Gasteiger partial charge in [0.05, 0.1) is 5.69 Å². The maximum atomic E-state index is 9.69. The lowest BCUT2D eigenvalue weighted by molar-refractivity contribution is 0.316. The molecule has 0 fully saturated rings. The molecule has 0 bridgehead atoms. The number of hydrogen-bond donors (Lipinski definition) is 3. The number of nitrogens with two attached hydrogens (primary N) is 1. The number of rotatable bonds is 2. The molecular weight excluding hydrogens is 346 g/mol. The van der Waals surface area contributed by atoms with Crippen molar-refractivity contribution in [3.8, 4) is 28.1 Å². The van der Waals surface area contributed by atoms with Gasteiger partial charge < -0.3 is 16.0 Å². The monoisotopic (exact) mass is 367 g/mol. The highest BCUT2D eigenvalue weighted by Gasteiger charge is 2.30. The molecule has 0 amide bonds. The van der Waals surface area contributed by atoms with Crippen LogP contribution in [0.3, 0.4) is 0 Å². The lowest BCUT2D eigenvalue weighted by Gasteiger charge is -2.14. The van der Waals surface area contributed by atoms with Gasteiger partial charge in [-0.3, -0.25) is 4.57 Å². The van der Waals surface area contributed by atoms with Crippen LogP contribution in [0.15, 0.2) is 34.8 Å². The molecular formula is C20H21N3O2S. The molecule has 2 heterocycles. The zero-order chi connectivity index (χ0) is 18.4. The van der Waals surface area contributed by atoms with Crippen LogP contribution in [0.4, 0.5) is 0 Å². The Morgan fingerprint density at radius 3 is 2.50 bits per heavy atom. The van der Waals surface area contributed by atoms with Gasteiger partial charge >= 0.3 is 0 Å². The summed E-state index contributed by atoms with van der Waals surface area (Å²) in [7, 11) is 0. The topological polar surface area (TPSA) is 83.8 Å². The zero-order valence-corrected chi connectivity index (χ0v) is 15.6. The van der Waals surface area contributed by atoms with Gasteiger partial charge in [-0.2, -0.15) is 0 Å². The number of fused-ring (bicyclic) bond motifs is 1. The van der Waals surface area contributed by atoms with Crippen molar-refractivity contribution in [1.82, 2.24) is 4.57 Å². The standard InChI is InChI=1S/C20H21N3O2S/c1-11-10-26-12(2)17(11)19-18(13-6-8-14(24)9-7-13)15-4-3-5-16(15)23(19)20(21)22-25/h6-10,24-25H,3-5H2,1-2H3,(H2,21,22). The van der Waals surface area contributed by atoms with Crippen LogP contribution in [0, 0.1) is 13.8 Å². The molecule has 26 heavy (non-hydrogen) atoms. The van der Waals surface area contributed by atoms with Crippen molar-refractivity contribution in [2.45, 2.75) is 33.1 Å². The maximum absolute atomic E-state index is 9.69. The van der Waals surface area contributed by atoms with Crippen molar-refractivity contribution < 1.29 is 10.3 Å². The molecule has 1 aliphatic carbocycles. The fraction of sp³-hybridized carbons (Fsp3) is 0.250. The molecule has 6 heteroatoms. The van der Waals surface area contributed by atoms with Crippen LogP contribution in [0.2, 0.25) is 0 Å². The van der Waals surface area contributed by atoms with Gasteiger partial charge in [-0.25, -0.2) is 0 Å². The summed E-state index contributed by atoms with van der Waals surface area (Å²) in [6.45, 7) is 4.19. The Morgan fingerprint density at radius 1 is 1.15 bits per heavy atom. The molecule has 0 radical (unpaired) electrons. The molecule has 0 saturated carbocycles. The SMILES string of the molecule is Cc1csc(C)c1-c1c(-c2ccc(O)cc2)c2c(n1/C(N)=N/O)CCC2. The van der Waals surface area contributed by atoms with Crippen LogP contribution in [-0.2, 0) is 12.8 Å². The number of phenols is 1. The van der Waals surface area contributed by atoms with Gasteiger partial charge in [0.25, 0.3) is 0 Å². The predicted octanol–water partition coefficient (Wildman–Crippen LogP) is 4.25. The van der Waals surface area contributed by atoms with Gasteiger partial charge in [0.2, 0.25) is 5.96 Å². The molecule has 1 aliphatic rings. The third-order valence-electron chi connectivity index (χ3n) is 5.10. The molecule has 2 aromatic heterocycles. The molecule has 0 unspecified atom stereocenters. The van der Waals surface area contributed by atoms with E-state index in [4.69, 9.17) is 5.73 Å². The first-order valence-corrected chi connectivity index (χ1v) is 9.49. The van der Waals surface area contributed by atoms with E-state index in [2.05, 4.69) is 24.4 Å². The number of aryl methyl sites for hydroxylation is 2. The molecule has 0 atom stereocenters. The third-order valence-corrected chi connectivity index (χ3v) is 6.13.